The summed E-state index contributed by atoms with van der Waals surface area (Å²) in [7, 11) is 2.97. The van der Waals surface area contributed by atoms with Crippen molar-refractivity contribution >= 4 is 16.9 Å². The van der Waals surface area contributed by atoms with E-state index in [1.54, 1.807) is 19.1 Å². The van der Waals surface area contributed by atoms with Gasteiger partial charge in [0.25, 0.3) is 0 Å². The summed E-state index contributed by atoms with van der Waals surface area (Å²) in [6, 6.07) is 3.42. The van der Waals surface area contributed by atoms with E-state index in [2.05, 4.69) is 0 Å². The number of carboxylic acids is 1. The average molecular weight is 235 g/mol. The number of rotatable bonds is 3. The molecule has 2 rings (SSSR count). The Kier molecular flexibility index (Phi) is 2.67. The van der Waals surface area contributed by atoms with Crippen molar-refractivity contribution in [2.24, 2.45) is 0 Å². The van der Waals surface area contributed by atoms with E-state index in [-0.39, 0.29) is 5.76 Å². The highest BCUT2D eigenvalue weighted by molar-refractivity contribution is 5.97. The molecule has 1 aromatic heterocycles. The van der Waals surface area contributed by atoms with Crippen LogP contribution in [0.3, 0.4) is 0 Å². The summed E-state index contributed by atoms with van der Waals surface area (Å²) in [5.41, 5.74) is 0.865. The van der Waals surface area contributed by atoms with E-state index in [1.165, 1.54) is 14.2 Å². The van der Waals surface area contributed by atoms with Crippen LogP contribution in [0.15, 0.2) is 16.5 Å². The number of hydrogen-bond acceptors (Lipinski definition) is 5. The topological polar surface area (TPSA) is 71.7 Å². The molecule has 0 N–H and O–H groups in total. The first kappa shape index (κ1) is 11.3. The minimum atomic E-state index is -1.35. The Morgan fingerprint density at radius 2 is 2.00 bits per heavy atom. The molecular weight excluding hydrogens is 224 g/mol. The molecule has 0 fully saturated rings. The van der Waals surface area contributed by atoms with E-state index < -0.39 is 5.97 Å². The van der Waals surface area contributed by atoms with Crippen LogP contribution in [0.25, 0.3) is 11.0 Å². The Hall–Kier alpha value is -2.17. The SMILES string of the molecule is COc1ccc2c(C)c(C(=O)[O-])oc2c1OC. The molecule has 0 atom stereocenters. The average Bonchev–Trinajstić information content (AvgIpc) is 2.65. The zero-order valence-corrected chi connectivity index (χ0v) is 9.70. The third kappa shape index (κ3) is 1.60. The molecular formula is C12H11O5-. The number of benzene rings is 1. The Balaban J connectivity index is 2.81. The van der Waals surface area contributed by atoms with Crippen molar-refractivity contribution in [3.05, 3.63) is 23.5 Å². The molecule has 2 aromatic rings. The maximum absolute atomic E-state index is 10.9. The van der Waals surface area contributed by atoms with Crippen LogP contribution in [0, 0.1) is 6.92 Å². The molecule has 5 nitrogen and oxygen atoms in total. The Morgan fingerprint density at radius 3 is 2.53 bits per heavy atom. The van der Waals surface area contributed by atoms with Crippen LogP contribution >= 0.6 is 0 Å². The largest absolute Gasteiger partial charge is 0.542 e. The van der Waals surface area contributed by atoms with Gasteiger partial charge in [-0.3, -0.25) is 0 Å². The lowest BCUT2D eigenvalue weighted by molar-refractivity contribution is -0.257. The molecule has 17 heavy (non-hydrogen) atoms. The number of ether oxygens (including phenoxy) is 2. The summed E-state index contributed by atoms with van der Waals surface area (Å²) in [6.45, 7) is 1.66. The van der Waals surface area contributed by atoms with Gasteiger partial charge < -0.3 is 23.8 Å². The molecule has 0 saturated carbocycles. The molecule has 0 spiro atoms. The van der Waals surface area contributed by atoms with Crippen LogP contribution < -0.4 is 14.6 Å². The second-order valence-electron chi connectivity index (χ2n) is 3.52. The van der Waals surface area contributed by atoms with Crippen LogP contribution in [0.5, 0.6) is 11.5 Å². The maximum atomic E-state index is 10.9. The fraction of sp³-hybridized carbons (Fsp3) is 0.250. The van der Waals surface area contributed by atoms with Crippen molar-refractivity contribution in [1.29, 1.82) is 0 Å². The summed E-state index contributed by atoms with van der Waals surface area (Å²) in [6.07, 6.45) is 0. The Labute approximate surface area is 97.6 Å². The van der Waals surface area contributed by atoms with Crippen molar-refractivity contribution in [1.82, 2.24) is 0 Å². The number of hydrogen-bond donors (Lipinski definition) is 0. The standard InChI is InChI=1S/C12H12O5/c1-6-7-4-5-8(15-2)11(16-3)10(7)17-9(6)12(13)14/h4-5H,1-3H3,(H,13,14)/p-1. The molecule has 0 aliphatic carbocycles. The first-order valence-corrected chi connectivity index (χ1v) is 4.95. The molecule has 90 valence electrons. The number of aromatic carboxylic acids is 1. The van der Waals surface area contributed by atoms with Crippen LogP contribution in [0.1, 0.15) is 16.1 Å². The van der Waals surface area contributed by atoms with E-state index in [1.807, 2.05) is 0 Å². The van der Waals surface area contributed by atoms with Gasteiger partial charge in [-0.2, -0.15) is 0 Å². The number of fused-ring (bicyclic) bond motifs is 1. The van der Waals surface area contributed by atoms with Gasteiger partial charge in [0.2, 0.25) is 5.75 Å². The van der Waals surface area contributed by atoms with Crippen molar-refractivity contribution in [2.45, 2.75) is 6.92 Å². The summed E-state index contributed by atoms with van der Waals surface area (Å²) in [5, 5.41) is 11.5. The third-order valence-electron chi connectivity index (χ3n) is 2.63. The van der Waals surface area contributed by atoms with Gasteiger partial charge in [-0.05, 0) is 19.1 Å². The van der Waals surface area contributed by atoms with Crippen LogP contribution in [-0.2, 0) is 0 Å². The first-order chi connectivity index (χ1) is 8.10. The highest BCUT2D eigenvalue weighted by Crippen LogP contribution is 2.38. The smallest absolute Gasteiger partial charge is 0.204 e. The van der Waals surface area contributed by atoms with E-state index in [0.717, 1.165) is 0 Å². The Bertz CT molecular complexity index is 582. The highest BCUT2D eigenvalue weighted by Gasteiger charge is 2.18. The second kappa shape index (κ2) is 4.01. The highest BCUT2D eigenvalue weighted by atomic mass is 16.5. The minimum Gasteiger partial charge on any atom is -0.542 e. The van der Waals surface area contributed by atoms with E-state index in [9.17, 15) is 9.90 Å². The van der Waals surface area contributed by atoms with Gasteiger partial charge in [-0.25, -0.2) is 0 Å². The zero-order valence-electron chi connectivity index (χ0n) is 9.70. The number of methoxy groups -OCH3 is 2. The number of aryl methyl sites for hydroxylation is 1. The Morgan fingerprint density at radius 1 is 1.29 bits per heavy atom. The lowest BCUT2D eigenvalue weighted by Gasteiger charge is -2.06. The van der Waals surface area contributed by atoms with Crippen LogP contribution in [0.2, 0.25) is 0 Å². The van der Waals surface area contributed by atoms with Crippen molar-refractivity contribution in [2.75, 3.05) is 14.2 Å². The molecule has 0 aliphatic rings. The molecule has 5 heteroatoms. The van der Waals surface area contributed by atoms with Crippen LogP contribution in [0.4, 0.5) is 0 Å². The number of furan rings is 1. The molecule has 0 amide bonds. The van der Waals surface area contributed by atoms with Gasteiger partial charge >= 0.3 is 0 Å². The van der Waals surface area contributed by atoms with Gasteiger partial charge in [0.05, 0.1) is 14.2 Å². The quantitative estimate of drug-likeness (QED) is 0.797. The second-order valence-corrected chi connectivity index (χ2v) is 3.52. The normalized spacial score (nSPS) is 10.5. The van der Waals surface area contributed by atoms with E-state index in [0.29, 0.717) is 28.0 Å². The molecule has 0 aliphatic heterocycles. The summed E-state index contributed by atoms with van der Waals surface area (Å²) >= 11 is 0. The molecule has 0 radical (unpaired) electrons. The maximum Gasteiger partial charge on any atom is 0.204 e. The monoisotopic (exact) mass is 235 g/mol. The fourth-order valence-electron chi connectivity index (χ4n) is 1.79. The number of carbonyl (C=O) groups is 1. The van der Waals surface area contributed by atoms with Gasteiger partial charge in [-0.1, -0.05) is 0 Å². The fourth-order valence-corrected chi connectivity index (χ4v) is 1.79. The predicted molar refractivity (Wildman–Crippen MR) is 58.4 cm³/mol. The zero-order chi connectivity index (χ0) is 12.6. The first-order valence-electron chi connectivity index (χ1n) is 4.95. The van der Waals surface area contributed by atoms with Gasteiger partial charge in [0.1, 0.15) is 5.97 Å². The van der Waals surface area contributed by atoms with E-state index >= 15 is 0 Å². The van der Waals surface area contributed by atoms with E-state index in [4.69, 9.17) is 13.9 Å². The third-order valence-corrected chi connectivity index (χ3v) is 2.63. The molecule has 0 unspecified atom stereocenters. The minimum absolute atomic E-state index is 0.188. The van der Waals surface area contributed by atoms with Gasteiger partial charge in [-0.15, -0.1) is 0 Å². The van der Waals surface area contributed by atoms with Gasteiger partial charge in [0.15, 0.2) is 17.1 Å². The predicted octanol–water partition coefficient (Wildman–Crippen LogP) is 1.12. The van der Waals surface area contributed by atoms with Crippen molar-refractivity contribution in [3.63, 3.8) is 0 Å². The number of carbonyl (C=O) groups excluding carboxylic acids is 1. The lowest BCUT2D eigenvalue weighted by atomic mass is 10.1. The molecule has 1 heterocycles. The number of carboxylic acid groups (broad SMARTS) is 1. The molecule has 1 aromatic carbocycles. The van der Waals surface area contributed by atoms with Gasteiger partial charge in [0, 0.05) is 10.9 Å². The molecule has 0 bridgehead atoms. The van der Waals surface area contributed by atoms with Crippen LogP contribution in [-0.4, -0.2) is 20.2 Å². The summed E-state index contributed by atoms with van der Waals surface area (Å²) in [5.74, 6) is -0.675. The summed E-state index contributed by atoms with van der Waals surface area (Å²) in [4.78, 5) is 10.9. The summed E-state index contributed by atoms with van der Waals surface area (Å²) < 4.78 is 15.5. The lowest BCUT2D eigenvalue weighted by Crippen LogP contribution is -2.22. The van der Waals surface area contributed by atoms with Crippen molar-refractivity contribution in [3.8, 4) is 11.5 Å². The molecule has 0 saturated heterocycles. The van der Waals surface area contributed by atoms with Crippen molar-refractivity contribution < 1.29 is 23.8 Å².